The van der Waals surface area contributed by atoms with Gasteiger partial charge in [-0.05, 0) is 18.1 Å². The summed E-state index contributed by atoms with van der Waals surface area (Å²) in [6.45, 7) is 2.35. The lowest BCUT2D eigenvalue weighted by Gasteiger charge is -2.20. The molecule has 2 atom stereocenters. The molecule has 1 aromatic rings. The molecule has 0 aliphatic carbocycles. The summed E-state index contributed by atoms with van der Waals surface area (Å²) in [5.74, 6) is -0.992. The number of ether oxygens (including phenoxy) is 1. The molecule has 0 saturated heterocycles. The van der Waals surface area contributed by atoms with Crippen LogP contribution in [0.2, 0.25) is 0 Å². The average Bonchev–Trinajstić information content (AvgIpc) is 2.26. The van der Waals surface area contributed by atoms with Gasteiger partial charge in [0.2, 0.25) is 0 Å². The predicted octanol–water partition coefficient (Wildman–Crippen LogP) is 1.74. The predicted molar refractivity (Wildman–Crippen MR) is 65.8 cm³/mol. The first-order valence-electron chi connectivity index (χ1n) is 5.59. The summed E-state index contributed by atoms with van der Waals surface area (Å²) in [7, 11) is 1.63. The number of hydrogen-bond donors (Lipinski definition) is 2. The fraction of sp³-hybridized carbons (Fsp3) is 0.462. The number of methoxy groups -OCH3 is 1. The van der Waals surface area contributed by atoms with Gasteiger partial charge in [0.1, 0.15) is 0 Å². The highest BCUT2D eigenvalue weighted by molar-refractivity contribution is 5.68. The zero-order valence-corrected chi connectivity index (χ0v) is 10.2. The SMILES string of the molecule is COCc1cccc(C(CC(=O)O)C(C)N)c1. The van der Waals surface area contributed by atoms with Gasteiger partial charge in [-0.3, -0.25) is 4.79 Å². The highest BCUT2D eigenvalue weighted by atomic mass is 16.5. The van der Waals surface area contributed by atoms with E-state index >= 15 is 0 Å². The van der Waals surface area contributed by atoms with E-state index < -0.39 is 5.97 Å². The Kier molecular flexibility index (Phi) is 5.12. The number of hydrogen-bond acceptors (Lipinski definition) is 3. The van der Waals surface area contributed by atoms with Crippen LogP contribution in [0, 0.1) is 0 Å². The molecule has 0 heterocycles. The number of carboxylic acids is 1. The number of aliphatic carboxylic acids is 1. The first-order valence-corrected chi connectivity index (χ1v) is 5.59. The first kappa shape index (κ1) is 13.7. The highest BCUT2D eigenvalue weighted by Crippen LogP contribution is 2.23. The molecular formula is C13H19NO3. The molecule has 4 heteroatoms. The van der Waals surface area contributed by atoms with Crippen molar-refractivity contribution < 1.29 is 14.6 Å². The zero-order chi connectivity index (χ0) is 12.8. The molecule has 0 fully saturated rings. The summed E-state index contributed by atoms with van der Waals surface area (Å²) in [6, 6.07) is 7.53. The zero-order valence-electron chi connectivity index (χ0n) is 10.2. The molecule has 0 radical (unpaired) electrons. The van der Waals surface area contributed by atoms with Gasteiger partial charge in [0.25, 0.3) is 0 Å². The van der Waals surface area contributed by atoms with Crippen LogP contribution in [0.15, 0.2) is 24.3 Å². The molecule has 1 rings (SSSR count). The molecule has 94 valence electrons. The van der Waals surface area contributed by atoms with E-state index in [2.05, 4.69) is 0 Å². The largest absolute Gasteiger partial charge is 0.481 e. The monoisotopic (exact) mass is 237 g/mol. The Balaban J connectivity index is 2.93. The van der Waals surface area contributed by atoms with E-state index in [1.54, 1.807) is 7.11 Å². The van der Waals surface area contributed by atoms with Crippen LogP contribution in [0.5, 0.6) is 0 Å². The molecule has 17 heavy (non-hydrogen) atoms. The van der Waals surface area contributed by atoms with Gasteiger partial charge < -0.3 is 15.6 Å². The van der Waals surface area contributed by atoms with Crippen molar-refractivity contribution >= 4 is 5.97 Å². The molecular weight excluding hydrogens is 218 g/mol. The normalized spacial score (nSPS) is 14.3. The lowest BCUT2D eigenvalue weighted by molar-refractivity contribution is -0.137. The highest BCUT2D eigenvalue weighted by Gasteiger charge is 2.19. The van der Waals surface area contributed by atoms with E-state index in [1.165, 1.54) is 0 Å². The maximum atomic E-state index is 10.8. The maximum Gasteiger partial charge on any atom is 0.304 e. The lowest BCUT2D eigenvalue weighted by Crippen LogP contribution is -2.26. The second-order valence-electron chi connectivity index (χ2n) is 4.24. The second-order valence-corrected chi connectivity index (χ2v) is 4.24. The van der Waals surface area contributed by atoms with Gasteiger partial charge in [-0.1, -0.05) is 24.3 Å². The fourth-order valence-electron chi connectivity index (χ4n) is 1.88. The molecule has 0 aliphatic rings. The number of benzene rings is 1. The number of rotatable bonds is 6. The minimum Gasteiger partial charge on any atom is -0.481 e. The molecule has 1 aromatic carbocycles. The molecule has 3 N–H and O–H groups in total. The Morgan fingerprint density at radius 3 is 2.76 bits per heavy atom. The molecule has 0 bridgehead atoms. The third-order valence-corrected chi connectivity index (χ3v) is 2.72. The first-order chi connectivity index (χ1) is 8.04. The molecule has 4 nitrogen and oxygen atoms in total. The second kappa shape index (κ2) is 6.37. The minimum absolute atomic E-state index is 0.0497. The van der Waals surface area contributed by atoms with Crippen LogP contribution >= 0.6 is 0 Å². The summed E-state index contributed by atoms with van der Waals surface area (Å²) < 4.78 is 5.06. The van der Waals surface area contributed by atoms with Crippen LogP contribution in [0.25, 0.3) is 0 Å². The van der Waals surface area contributed by atoms with Gasteiger partial charge in [0, 0.05) is 19.1 Å². The molecule has 0 aliphatic heterocycles. The maximum absolute atomic E-state index is 10.8. The number of carboxylic acid groups (broad SMARTS) is 1. The van der Waals surface area contributed by atoms with E-state index in [1.807, 2.05) is 31.2 Å². The van der Waals surface area contributed by atoms with Crippen molar-refractivity contribution in [3.63, 3.8) is 0 Å². The Bertz CT molecular complexity index is 377. The third kappa shape index (κ3) is 4.17. The number of carbonyl (C=O) groups is 1. The van der Waals surface area contributed by atoms with Gasteiger partial charge >= 0.3 is 5.97 Å². The van der Waals surface area contributed by atoms with Gasteiger partial charge in [0.05, 0.1) is 13.0 Å². The Labute approximate surface area is 101 Å². The smallest absolute Gasteiger partial charge is 0.304 e. The van der Waals surface area contributed by atoms with E-state index in [4.69, 9.17) is 15.6 Å². The van der Waals surface area contributed by atoms with Gasteiger partial charge in [-0.2, -0.15) is 0 Å². The Morgan fingerprint density at radius 1 is 1.53 bits per heavy atom. The summed E-state index contributed by atoms with van der Waals surface area (Å²) in [4.78, 5) is 10.8. The van der Waals surface area contributed by atoms with Crippen LogP contribution in [-0.2, 0) is 16.1 Å². The summed E-state index contributed by atoms with van der Waals surface area (Å²) in [5.41, 5.74) is 7.83. The molecule has 0 aromatic heterocycles. The Morgan fingerprint density at radius 2 is 2.24 bits per heavy atom. The van der Waals surface area contributed by atoms with Crippen molar-refractivity contribution in [2.45, 2.75) is 31.9 Å². The van der Waals surface area contributed by atoms with E-state index in [9.17, 15) is 4.79 Å². The van der Waals surface area contributed by atoms with E-state index in [0.717, 1.165) is 11.1 Å². The lowest BCUT2D eigenvalue weighted by atomic mass is 9.89. The van der Waals surface area contributed by atoms with Crippen molar-refractivity contribution in [3.8, 4) is 0 Å². The summed E-state index contributed by atoms with van der Waals surface area (Å²) in [6.07, 6.45) is 0.0497. The van der Waals surface area contributed by atoms with E-state index in [-0.39, 0.29) is 18.4 Å². The van der Waals surface area contributed by atoms with Crippen LogP contribution in [0.4, 0.5) is 0 Å². The van der Waals surface area contributed by atoms with Crippen molar-refractivity contribution in [2.24, 2.45) is 5.73 Å². The topological polar surface area (TPSA) is 72.5 Å². The van der Waals surface area contributed by atoms with Crippen molar-refractivity contribution in [1.82, 2.24) is 0 Å². The summed E-state index contributed by atoms with van der Waals surface area (Å²) >= 11 is 0. The van der Waals surface area contributed by atoms with Crippen molar-refractivity contribution in [1.29, 1.82) is 0 Å². The third-order valence-electron chi connectivity index (χ3n) is 2.72. The van der Waals surface area contributed by atoms with E-state index in [0.29, 0.717) is 6.61 Å². The van der Waals surface area contributed by atoms with Crippen molar-refractivity contribution in [3.05, 3.63) is 35.4 Å². The fourth-order valence-corrected chi connectivity index (χ4v) is 1.88. The van der Waals surface area contributed by atoms with Gasteiger partial charge in [-0.25, -0.2) is 0 Å². The summed E-state index contributed by atoms with van der Waals surface area (Å²) in [5, 5.41) is 8.89. The van der Waals surface area contributed by atoms with Crippen LogP contribution in [-0.4, -0.2) is 24.2 Å². The van der Waals surface area contributed by atoms with Crippen molar-refractivity contribution in [2.75, 3.05) is 7.11 Å². The molecule has 0 saturated carbocycles. The van der Waals surface area contributed by atoms with Gasteiger partial charge in [0.15, 0.2) is 0 Å². The molecule has 2 unspecified atom stereocenters. The minimum atomic E-state index is -0.829. The van der Waals surface area contributed by atoms with Crippen LogP contribution in [0.1, 0.15) is 30.4 Å². The number of nitrogens with two attached hydrogens (primary N) is 1. The van der Waals surface area contributed by atoms with Crippen LogP contribution in [0.3, 0.4) is 0 Å². The molecule has 0 spiro atoms. The van der Waals surface area contributed by atoms with Crippen LogP contribution < -0.4 is 5.73 Å². The van der Waals surface area contributed by atoms with Gasteiger partial charge in [-0.15, -0.1) is 0 Å². The standard InChI is InChI=1S/C13H19NO3/c1-9(14)12(7-13(15)16)11-5-3-4-10(6-11)8-17-2/h3-6,9,12H,7-8,14H2,1-2H3,(H,15,16). The average molecular weight is 237 g/mol. The quantitative estimate of drug-likeness (QED) is 0.790. The Hall–Kier alpha value is -1.39. The molecule has 0 amide bonds.